The van der Waals surface area contributed by atoms with Crippen molar-refractivity contribution >= 4 is 5.97 Å². The third kappa shape index (κ3) is 9.11. The molecule has 0 aliphatic rings. The van der Waals surface area contributed by atoms with Crippen molar-refractivity contribution in [3.63, 3.8) is 0 Å². The number of carbonyl (C=O) groups excluding carboxylic acids is 1. The number of hydrogen-bond donors (Lipinski definition) is 1. The van der Waals surface area contributed by atoms with Gasteiger partial charge < -0.3 is 14.6 Å². The highest BCUT2D eigenvalue weighted by Gasteiger charge is 1.95. The molecule has 0 unspecified atom stereocenters. The lowest BCUT2D eigenvalue weighted by atomic mass is 10.2. The summed E-state index contributed by atoms with van der Waals surface area (Å²) in [6.07, 6.45) is 1.89. The fourth-order valence-corrected chi connectivity index (χ4v) is 1.65. The zero-order chi connectivity index (χ0) is 16.8. The van der Waals surface area contributed by atoms with Crippen LogP contribution in [0.3, 0.4) is 0 Å². The molecule has 0 bridgehead atoms. The summed E-state index contributed by atoms with van der Waals surface area (Å²) in [5.41, 5.74) is 1.19. The molecule has 4 heteroatoms. The van der Waals surface area contributed by atoms with Crippen molar-refractivity contribution in [2.45, 2.75) is 6.42 Å². The Labute approximate surface area is 137 Å². The first-order valence-electron chi connectivity index (χ1n) is 7.38. The molecular weight excluding hydrogens is 292 g/mol. The van der Waals surface area contributed by atoms with Gasteiger partial charge in [-0.3, -0.25) is 0 Å². The summed E-state index contributed by atoms with van der Waals surface area (Å²) in [5, 5.41) is 8.52. The van der Waals surface area contributed by atoms with Gasteiger partial charge in [-0.05, 0) is 24.1 Å². The van der Waals surface area contributed by atoms with Crippen molar-refractivity contribution in [3.8, 4) is 5.75 Å². The van der Waals surface area contributed by atoms with Crippen LogP contribution >= 0.6 is 0 Å². The molecule has 2 aromatic rings. The van der Waals surface area contributed by atoms with E-state index in [0.29, 0.717) is 6.61 Å². The Hall–Kier alpha value is -2.59. The van der Waals surface area contributed by atoms with E-state index in [4.69, 9.17) is 14.6 Å². The molecule has 0 aliphatic carbocycles. The van der Waals surface area contributed by atoms with E-state index in [1.54, 1.807) is 0 Å². The van der Waals surface area contributed by atoms with Crippen LogP contribution in [-0.4, -0.2) is 30.9 Å². The average Bonchev–Trinajstić information content (AvgIpc) is 2.61. The van der Waals surface area contributed by atoms with Crippen LogP contribution in [0, 0.1) is 0 Å². The predicted molar refractivity (Wildman–Crippen MR) is 90.3 cm³/mol. The van der Waals surface area contributed by atoms with Crippen molar-refractivity contribution in [2.24, 2.45) is 0 Å². The van der Waals surface area contributed by atoms with Crippen molar-refractivity contribution < 1.29 is 19.4 Å². The normalized spacial score (nSPS) is 9.26. The Morgan fingerprint density at radius 3 is 2.17 bits per heavy atom. The number of hydrogen-bond acceptors (Lipinski definition) is 4. The summed E-state index contributed by atoms with van der Waals surface area (Å²) in [7, 11) is 0. The van der Waals surface area contributed by atoms with Gasteiger partial charge in [-0.15, -0.1) is 0 Å². The highest BCUT2D eigenvalue weighted by molar-refractivity contribution is 5.81. The molecule has 0 radical (unpaired) electrons. The molecule has 0 aromatic heterocycles. The molecule has 0 heterocycles. The third-order valence-electron chi connectivity index (χ3n) is 2.75. The fraction of sp³-hybridized carbons (Fsp3) is 0.211. The molecule has 0 saturated heterocycles. The van der Waals surface area contributed by atoms with E-state index in [9.17, 15) is 4.79 Å². The summed E-state index contributed by atoms with van der Waals surface area (Å²) in [6, 6.07) is 19.3. The predicted octanol–water partition coefficient (Wildman–Crippen LogP) is 3.02. The number of aliphatic hydroxyl groups is 1. The highest BCUT2D eigenvalue weighted by Crippen LogP contribution is 2.07. The lowest BCUT2D eigenvalue weighted by molar-refractivity contribution is -0.138. The second-order valence-corrected chi connectivity index (χ2v) is 4.49. The number of aliphatic hydroxyl groups excluding tert-OH is 1. The van der Waals surface area contributed by atoms with Crippen LogP contribution in [0.2, 0.25) is 0 Å². The minimum Gasteiger partial charge on any atom is -0.490 e. The van der Waals surface area contributed by atoms with Crippen molar-refractivity contribution in [1.29, 1.82) is 0 Å². The molecule has 122 valence electrons. The summed E-state index contributed by atoms with van der Waals surface area (Å²) in [4.78, 5) is 10.6. The molecule has 4 nitrogen and oxygen atoms in total. The summed E-state index contributed by atoms with van der Waals surface area (Å²) in [6.45, 7) is 4.11. The van der Waals surface area contributed by atoms with Gasteiger partial charge in [0.05, 0.1) is 0 Å². The highest BCUT2D eigenvalue weighted by atomic mass is 16.6. The number of rotatable bonds is 7. The molecule has 0 saturated carbocycles. The molecule has 1 N–H and O–H groups in total. The van der Waals surface area contributed by atoms with Gasteiger partial charge in [-0.2, -0.15) is 0 Å². The molecule has 0 aliphatic heterocycles. The van der Waals surface area contributed by atoms with Crippen LogP contribution in [-0.2, 0) is 16.0 Å². The number of carbonyl (C=O) groups is 1. The van der Waals surface area contributed by atoms with Gasteiger partial charge in [-0.25, -0.2) is 4.79 Å². The van der Waals surface area contributed by atoms with Gasteiger partial charge in [0, 0.05) is 12.7 Å². The first-order chi connectivity index (χ1) is 11.3. The minimum atomic E-state index is -0.429. The average molecular weight is 314 g/mol. The molecule has 2 rings (SSSR count). The maximum atomic E-state index is 10.6. The van der Waals surface area contributed by atoms with E-state index < -0.39 is 5.97 Å². The molecular formula is C19H22O4. The van der Waals surface area contributed by atoms with Crippen LogP contribution in [0.15, 0.2) is 73.3 Å². The Morgan fingerprint density at radius 2 is 1.61 bits per heavy atom. The van der Waals surface area contributed by atoms with Gasteiger partial charge >= 0.3 is 5.97 Å². The van der Waals surface area contributed by atoms with Gasteiger partial charge in [0.25, 0.3) is 0 Å². The number of ether oxygens (including phenoxy) is 2. The van der Waals surface area contributed by atoms with Crippen molar-refractivity contribution in [1.82, 2.24) is 0 Å². The van der Waals surface area contributed by atoms with E-state index in [2.05, 4.69) is 6.58 Å². The molecule has 0 spiro atoms. The lowest BCUT2D eigenvalue weighted by Gasteiger charge is -2.05. The Morgan fingerprint density at radius 1 is 1.00 bits per heavy atom. The maximum Gasteiger partial charge on any atom is 0.330 e. The second kappa shape index (κ2) is 12.0. The Kier molecular flexibility index (Phi) is 9.63. The molecule has 0 atom stereocenters. The zero-order valence-corrected chi connectivity index (χ0v) is 13.1. The first-order valence-corrected chi connectivity index (χ1v) is 7.38. The second-order valence-electron chi connectivity index (χ2n) is 4.49. The SMILES string of the molecule is C=CC(=O)OCCOc1ccccc1.OCCc1ccccc1. The lowest BCUT2D eigenvalue weighted by Crippen LogP contribution is -2.09. The molecule has 0 fully saturated rings. The standard InChI is InChI=1S/C11H12O3.C8H10O/c1-2-11(12)14-9-8-13-10-6-4-3-5-7-10;9-7-6-8-4-2-1-3-5-8/h2-7H,1,8-9H2;1-5,9H,6-7H2. The number of benzene rings is 2. The summed E-state index contributed by atoms with van der Waals surface area (Å²) >= 11 is 0. The number of para-hydroxylation sites is 1. The number of esters is 1. The van der Waals surface area contributed by atoms with E-state index in [-0.39, 0.29) is 13.2 Å². The van der Waals surface area contributed by atoms with Gasteiger partial charge in [0.15, 0.2) is 0 Å². The van der Waals surface area contributed by atoms with Crippen LogP contribution in [0.25, 0.3) is 0 Å². The van der Waals surface area contributed by atoms with E-state index >= 15 is 0 Å². The molecule has 2 aromatic carbocycles. The zero-order valence-electron chi connectivity index (χ0n) is 13.1. The van der Waals surface area contributed by atoms with Crippen LogP contribution in [0.1, 0.15) is 5.56 Å². The fourth-order valence-electron chi connectivity index (χ4n) is 1.65. The van der Waals surface area contributed by atoms with E-state index in [1.807, 2.05) is 60.7 Å². The monoisotopic (exact) mass is 314 g/mol. The minimum absolute atomic E-state index is 0.236. The van der Waals surface area contributed by atoms with Gasteiger partial charge in [-0.1, -0.05) is 55.1 Å². The maximum absolute atomic E-state index is 10.6. The molecule has 0 amide bonds. The van der Waals surface area contributed by atoms with Gasteiger partial charge in [0.1, 0.15) is 19.0 Å². The largest absolute Gasteiger partial charge is 0.490 e. The summed E-state index contributed by atoms with van der Waals surface area (Å²) in [5.74, 6) is 0.337. The Bertz CT molecular complexity index is 552. The van der Waals surface area contributed by atoms with Crippen LogP contribution in [0.4, 0.5) is 0 Å². The summed E-state index contributed by atoms with van der Waals surface area (Å²) < 4.78 is 10.0. The smallest absolute Gasteiger partial charge is 0.330 e. The first kappa shape index (κ1) is 18.5. The van der Waals surface area contributed by atoms with Crippen LogP contribution < -0.4 is 4.74 Å². The Balaban J connectivity index is 0.000000253. The topological polar surface area (TPSA) is 55.8 Å². The van der Waals surface area contributed by atoms with Crippen molar-refractivity contribution in [3.05, 3.63) is 78.9 Å². The van der Waals surface area contributed by atoms with Gasteiger partial charge in [0.2, 0.25) is 0 Å². The van der Waals surface area contributed by atoms with Crippen LogP contribution in [0.5, 0.6) is 5.75 Å². The van der Waals surface area contributed by atoms with E-state index in [1.165, 1.54) is 5.56 Å². The quantitative estimate of drug-likeness (QED) is 0.485. The third-order valence-corrected chi connectivity index (χ3v) is 2.75. The molecule has 23 heavy (non-hydrogen) atoms. The van der Waals surface area contributed by atoms with Crippen molar-refractivity contribution in [2.75, 3.05) is 19.8 Å². The van der Waals surface area contributed by atoms with E-state index in [0.717, 1.165) is 18.2 Å².